The molecule has 2 aromatic rings. The Morgan fingerprint density at radius 2 is 2.00 bits per heavy atom. The van der Waals surface area contributed by atoms with E-state index in [1.165, 1.54) is 0 Å². The lowest BCUT2D eigenvalue weighted by molar-refractivity contribution is 0.318. The number of nitrogens with two attached hydrogens (primary N) is 1. The van der Waals surface area contributed by atoms with Crippen LogP contribution < -0.4 is 10.6 Å². The molecule has 0 aliphatic carbocycles. The van der Waals surface area contributed by atoms with E-state index in [1.54, 1.807) is 0 Å². The van der Waals surface area contributed by atoms with E-state index in [2.05, 4.69) is 10.1 Å². The van der Waals surface area contributed by atoms with Crippen molar-refractivity contribution in [3.05, 3.63) is 64.2 Å². The van der Waals surface area contributed by atoms with Gasteiger partial charge in [0.25, 0.3) is 0 Å². The number of hydrogen-bond donors (Lipinski definition) is 2. The van der Waals surface area contributed by atoms with Crippen LogP contribution in [0.4, 0.5) is 5.69 Å². The molecule has 0 atom stereocenters. The molecule has 0 bridgehead atoms. The third kappa shape index (κ3) is 3.47. The SMILES string of the molecule is Cc1cccc(/C(N)=N/O)c1N(C)Cc1cccc(Cl)c1. The van der Waals surface area contributed by atoms with E-state index in [4.69, 9.17) is 22.5 Å². The van der Waals surface area contributed by atoms with Crippen LogP contribution in [0.5, 0.6) is 0 Å². The van der Waals surface area contributed by atoms with Gasteiger partial charge in [0.05, 0.1) is 5.69 Å². The van der Waals surface area contributed by atoms with Crippen molar-refractivity contribution in [2.24, 2.45) is 10.9 Å². The van der Waals surface area contributed by atoms with Gasteiger partial charge in [0.1, 0.15) is 0 Å². The van der Waals surface area contributed by atoms with Gasteiger partial charge in [-0.15, -0.1) is 0 Å². The number of amidine groups is 1. The second-order valence-corrected chi connectivity index (χ2v) is 5.38. The van der Waals surface area contributed by atoms with E-state index >= 15 is 0 Å². The molecule has 110 valence electrons. The number of aryl methyl sites for hydroxylation is 1. The van der Waals surface area contributed by atoms with Crippen LogP contribution in [0.3, 0.4) is 0 Å². The van der Waals surface area contributed by atoms with Gasteiger partial charge in [-0.2, -0.15) is 0 Å². The van der Waals surface area contributed by atoms with Crippen LogP contribution in [0.15, 0.2) is 47.6 Å². The quantitative estimate of drug-likeness (QED) is 0.394. The van der Waals surface area contributed by atoms with Crippen LogP contribution >= 0.6 is 11.6 Å². The lowest BCUT2D eigenvalue weighted by atomic mass is 10.1. The third-order valence-electron chi connectivity index (χ3n) is 3.31. The Bertz CT molecular complexity index is 670. The zero-order valence-corrected chi connectivity index (χ0v) is 12.8. The summed E-state index contributed by atoms with van der Waals surface area (Å²) in [6, 6.07) is 13.4. The van der Waals surface area contributed by atoms with E-state index in [0.29, 0.717) is 17.1 Å². The van der Waals surface area contributed by atoms with Crippen LogP contribution in [0.25, 0.3) is 0 Å². The minimum absolute atomic E-state index is 0.103. The molecule has 0 radical (unpaired) electrons. The topological polar surface area (TPSA) is 61.9 Å². The van der Waals surface area contributed by atoms with Crippen LogP contribution in [0.2, 0.25) is 5.02 Å². The summed E-state index contributed by atoms with van der Waals surface area (Å²) in [6.45, 7) is 2.68. The van der Waals surface area contributed by atoms with E-state index in [1.807, 2.05) is 56.4 Å². The molecule has 0 aliphatic rings. The summed E-state index contributed by atoms with van der Waals surface area (Å²) in [6.07, 6.45) is 0. The van der Waals surface area contributed by atoms with Gasteiger partial charge in [0, 0.05) is 24.2 Å². The van der Waals surface area contributed by atoms with E-state index in [9.17, 15) is 0 Å². The Hall–Kier alpha value is -2.20. The number of halogens is 1. The smallest absolute Gasteiger partial charge is 0.172 e. The Kier molecular flexibility index (Phi) is 4.70. The molecule has 0 unspecified atom stereocenters. The molecule has 5 heteroatoms. The monoisotopic (exact) mass is 303 g/mol. The molecular weight excluding hydrogens is 286 g/mol. The number of rotatable bonds is 4. The van der Waals surface area contributed by atoms with Crippen molar-refractivity contribution in [1.29, 1.82) is 0 Å². The first-order chi connectivity index (χ1) is 10.0. The molecule has 2 rings (SSSR count). The van der Waals surface area contributed by atoms with Crippen LogP contribution in [-0.4, -0.2) is 18.1 Å². The van der Waals surface area contributed by atoms with Crippen molar-refractivity contribution < 1.29 is 5.21 Å². The molecule has 21 heavy (non-hydrogen) atoms. The molecule has 0 aromatic heterocycles. The molecule has 0 spiro atoms. The van der Waals surface area contributed by atoms with Gasteiger partial charge in [-0.3, -0.25) is 0 Å². The fourth-order valence-corrected chi connectivity index (χ4v) is 2.63. The zero-order valence-electron chi connectivity index (χ0n) is 12.0. The molecule has 0 amide bonds. The summed E-state index contributed by atoms with van der Waals surface area (Å²) < 4.78 is 0. The normalized spacial score (nSPS) is 11.5. The van der Waals surface area contributed by atoms with Crippen LogP contribution in [0, 0.1) is 6.92 Å². The van der Waals surface area contributed by atoms with Gasteiger partial charge in [-0.25, -0.2) is 0 Å². The van der Waals surface area contributed by atoms with Crippen LogP contribution in [-0.2, 0) is 6.54 Å². The molecule has 4 nitrogen and oxygen atoms in total. The summed E-state index contributed by atoms with van der Waals surface area (Å²) in [5.41, 5.74) is 9.57. The maximum absolute atomic E-state index is 8.94. The zero-order chi connectivity index (χ0) is 15.4. The van der Waals surface area contributed by atoms with E-state index < -0.39 is 0 Å². The first-order valence-corrected chi connectivity index (χ1v) is 6.94. The van der Waals surface area contributed by atoms with Crippen molar-refractivity contribution in [2.75, 3.05) is 11.9 Å². The predicted octanol–water partition coefficient (Wildman–Crippen LogP) is 3.38. The van der Waals surface area contributed by atoms with Crippen molar-refractivity contribution in [3.8, 4) is 0 Å². The third-order valence-corrected chi connectivity index (χ3v) is 3.55. The Morgan fingerprint density at radius 3 is 2.67 bits per heavy atom. The summed E-state index contributed by atoms with van der Waals surface area (Å²) >= 11 is 6.02. The number of nitrogens with zero attached hydrogens (tertiary/aromatic N) is 2. The van der Waals surface area contributed by atoms with Gasteiger partial charge in [0.2, 0.25) is 0 Å². The van der Waals surface area contributed by atoms with E-state index in [0.717, 1.165) is 16.8 Å². The number of para-hydroxylation sites is 1. The molecule has 0 heterocycles. The van der Waals surface area contributed by atoms with Crippen molar-refractivity contribution in [1.82, 2.24) is 0 Å². The second-order valence-electron chi connectivity index (χ2n) is 4.94. The highest BCUT2D eigenvalue weighted by atomic mass is 35.5. The molecule has 3 N–H and O–H groups in total. The van der Waals surface area contributed by atoms with Gasteiger partial charge < -0.3 is 15.8 Å². The van der Waals surface area contributed by atoms with Gasteiger partial charge >= 0.3 is 0 Å². The molecule has 2 aromatic carbocycles. The highest BCUT2D eigenvalue weighted by Crippen LogP contribution is 2.26. The van der Waals surface area contributed by atoms with Crippen LogP contribution in [0.1, 0.15) is 16.7 Å². The van der Waals surface area contributed by atoms with Gasteiger partial charge in [0.15, 0.2) is 5.84 Å². The Labute approximate surface area is 129 Å². The molecule has 0 saturated carbocycles. The Balaban J connectivity index is 2.37. The number of oxime groups is 1. The highest BCUT2D eigenvalue weighted by molar-refractivity contribution is 6.30. The largest absolute Gasteiger partial charge is 0.409 e. The second kappa shape index (κ2) is 6.50. The lowest BCUT2D eigenvalue weighted by Gasteiger charge is -2.24. The maximum Gasteiger partial charge on any atom is 0.172 e. The Morgan fingerprint density at radius 1 is 1.29 bits per heavy atom. The lowest BCUT2D eigenvalue weighted by Crippen LogP contribution is -2.23. The number of benzene rings is 2. The average molecular weight is 304 g/mol. The first-order valence-electron chi connectivity index (χ1n) is 6.56. The van der Waals surface area contributed by atoms with E-state index in [-0.39, 0.29) is 5.84 Å². The highest BCUT2D eigenvalue weighted by Gasteiger charge is 2.14. The van der Waals surface area contributed by atoms with Crippen molar-refractivity contribution >= 4 is 23.1 Å². The van der Waals surface area contributed by atoms with Gasteiger partial charge in [-0.1, -0.05) is 41.0 Å². The van der Waals surface area contributed by atoms with Gasteiger partial charge in [-0.05, 0) is 36.2 Å². The molecule has 0 fully saturated rings. The predicted molar refractivity (Wildman–Crippen MR) is 87.2 cm³/mol. The summed E-state index contributed by atoms with van der Waals surface area (Å²) in [5, 5.41) is 12.8. The standard InChI is InChI=1S/C16H18ClN3O/c1-11-5-3-8-14(16(18)19-21)15(11)20(2)10-12-6-4-7-13(17)9-12/h3-9,21H,10H2,1-2H3,(H2,18,19). The van der Waals surface area contributed by atoms with Crippen molar-refractivity contribution in [2.45, 2.75) is 13.5 Å². The fraction of sp³-hybridized carbons (Fsp3) is 0.188. The summed E-state index contributed by atoms with van der Waals surface area (Å²) in [5.74, 6) is 0.103. The maximum atomic E-state index is 8.94. The summed E-state index contributed by atoms with van der Waals surface area (Å²) in [7, 11) is 1.97. The minimum Gasteiger partial charge on any atom is -0.409 e. The number of hydrogen-bond acceptors (Lipinski definition) is 3. The fourth-order valence-electron chi connectivity index (χ4n) is 2.41. The number of anilines is 1. The van der Waals surface area contributed by atoms with Crippen molar-refractivity contribution in [3.63, 3.8) is 0 Å². The molecule has 0 aliphatic heterocycles. The average Bonchev–Trinajstić information content (AvgIpc) is 2.46. The molecular formula is C16H18ClN3O. The minimum atomic E-state index is 0.103. The molecule has 0 saturated heterocycles. The summed E-state index contributed by atoms with van der Waals surface area (Å²) in [4.78, 5) is 2.06. The first kappa shape index (κ1) is 15.2.